The quantitative estimate of drug-likeness (QED) is 0.787. The maximum Gasteiger partial charge on any atom is 0.408 e. The molecule has 0 radical (unpaired) electrons. The van der Waals surface area contributed by atoms with Gasteiger partial charge in [-0.3, -0.25) is 4.79 Å². The van der Waals surface area contributed by atoms with Crippen molar-refractivity contribution in [3.8, 4) is 0 Å². The number of sulfone groups is 1. The third-order valence-electron chi connectivity index (χ3n) is 4.01. The molecule has 138 valence electrons. The van der Waals surface area contributed by atoms with Gasteiger partial charge >= 0.3 is 6.09 Å². The molecule has 0 saturated carbocycles. The maximum atomic E-state index is 12.4. The van der Waals surface area contributed by atoms with E-state index in [0.717, 1.165) is 5.56 Å². The van der Waals surface area contributed by atoms with Crippen LogP contribution in [0.3, 0.4) is 0 Å². The van der Waals surface area contributed by atoms with Crippen LogP contribution in [0.4, 0.5) is 4.79 Å². The van der Waals surface area contributed by atoms with Crippen LogP contribution in [-0.2, 0) is 26.0 Å². The van der Waals surface area contributed by atoms with Crippen LogP contribution >= 0.6 is 0 Å². The minimum absolute atomic E-state index is 0.0536. The summed E-state index contributed by atoms with van der Waals surface area (Å²) in [6.45, 7) is 3.71. The molecule has 1 saturated heterocycles. The third kappa shape index (κ3) is 6.04. The lowest BCUT2D eigenvalue weighted by Crippen LogP contribution is -2.52. The highest BCUT2D eigenvalue weighted by Gasteiger charge is 2.32. The normalized spacial score (nSPS) is 20.0. The number of alkyl carbamates (subject to hydrolysis) is 1. The smallest absolute Gasteiger partial charge is 0.408 e. The van der Waals surface area contributed by atoms with Crippen LogP contribution in [0.5, 0.6) is 0 Å². The van der Waals surface area contributed by atoms with Crippen molar-refractivity contribution < 1.29 is 22.7 Å². The molecule has 1 unspecified atom stereocenters. The van der Waals surface area contributed by atoms with Gasteiger partial charge in [-0.1, -0.05) is 44.2 Å². The van der Waals surface area contributed by atoms with Crippen molar-refractivity contribution in [1.29, 1.82) is 0 Å². The lowest BCUT2D eigenvalue weighted by Gasteiger charge is -2.23. The number of nitrogens with one attached hydrogen (secondary N) is 2. The van der Waals surface area contributed by atoms with Gasteiger partial charge < -0.3 is 15.4 Å². The third-order valence-corrected chi connectivity index (χ3v) is 5.78. The monoisotopic (exact) mass is 368 g/mol. The highest BCUT2D eigenvalue weighted by atomic mass is 32.2. The minimum atomic E-state index is -3.08. The maximum absolute atomic E-state index is 12.4. The Morgan fingerprint density at radius 2 is 1.92 bits per heavy atom. The summed E-state index contributed by atoms with van der Waals surface area (Å²) in [6.07, 6.45) is -0.283. The molecule has 1 heterocycles. The first kappa shape index (κ1) is 19.2. The number of carbonyl (C=O) groups excluding carboxylic acids is 2. The Bertz CT molecular complexity index is 703. The molecule has 2 N–H and O–H groups in total. The molecule has 1 aliphatic rings. The molecular formula is C17H24N2O5S. The molecule has 2 rings (SSSR count). The first-order chi connectivity index (χ1) is 11.8. The number of rotatable bonds is 6. The van der Waals surface area contributed by atoms with Crippen molar-refractivity contribution >= 4 is 21.8 Å². The largest absolute Gasteiger partial charge is 0.445 e. The second-order valence-corrected chi connectivity index (χ2v) is 8.77. The van der Waals surface area contributed by atoms with Crippen LogP contribution in [-0.4, -0.2) is 44.0 Å². The van der Waals surface area contributed by atoms with Gasteiger partial charge in [0.1, 0.15) is 12.6 Å². The van der Waals surface area contributed by atoms with Crippen molar-refractivity contribution in [2.24, 2.45) is 5.92 Å². The topological polar surface area (TPSA) is 102 Å². The van der Waals surface area contributed by atoms with Crippen molar-refractivity contribution in [1.82, 2.24) is 10.6 Å². The lowest BCUT2D eigenvalue weighted by molar-refractivity contribution is -0.124. The molecule has 0 spiro atoms. The van der Waals surface area contributed by atoms with Crippen molar-refractivity contribution in [3.05, 3.63) is 35.9 Å². The number of hydrogen-bond acceptors (Lipinski definition) is 5. The Morgan fingerprint density at radius 3 is 2.48 bits per heavy atom. The summed E-state index contributed by atoms with van der Waals surface area (Å²) in [5.41, 5.74) is 0.847. The van der Waals surface area contributed by atoms with E-state index in [0.29, 0.717) is 6.42 Å². The summed E-state index contributed by atoms with van der Waals surface area (Å²) in [6, 6.07) is 8.03. The predicted octanol–water partition coefficient (Wildman–Crippen LogP) is 1.24. The molecule has 7 nitrogen and oxygen atoms in total. The molecule has 1 aliphatic heterocycles. The molecule has 8 heteroatoms. The summed E-state index contributed by atoms with van der Waals surface area (Å²) >= 11 is 0. The Balaban J connectivity index is 1.86. The predicted molar refractivity (Wildman–Crippen MR) is 93.6 cm³/mol. The van der Waals surface area contributed by atoms with Crippen LogP contribution in [0.2, 0.25) is 0 Å². The summed E-state index contributed by atoms with van der Waals surface area (Å²) in [5, 5.41) is 5.27. The zero-order valence-corrected chi connectivity index (χ0v) is 15.2. The molecular weight excluding hydrogens is 344 g/mol. The summed E-state index contributed by atoms with van der Waals surface area (Å²) < 4.78 is 28.1. The van der Waals surface area contributed by atoms with E-state index in [9.17, 15) is 18.0 Å². The van der Waals surface area contributed by atoms with Crippen LogP contribution < -0.4 is 10.6 Å². The average Bonchev–Trinajstić information content (AvgIpc) is 2.89. The standard InChI is InChI=1S/C17H24N2O5S/c1-12(2)15(16(20)18-14-8-9-25(22,23)11-14)19-17(21)24-10-13-6-4-3-5-7-13/h3-7,12,14-15H,8-11H2,1-2H3,(H,18,20)(H,19,21)/t14?,15-/m0/s1. The first-order valence-electron chi connectivity index (χ1n) is 8.25. The highest BCUT2D eigenvalue weighted by molar-refractivity contribution is 7.91. The van der Waals surface area contributed by atoms with Gasteiger partial charge in [0.2, 0.25) is 5.91 Å². The van der Waals surface area contributed by atoms with Gasteiger partial charge in [0.15, 0.2) is 9.84 Å². The zero-order chi connectivity index (χ0) is 18.4. The fourth-order valence-corrected chi connectivity index (χ4v) is 4.30. The van der Waals surface area contributed by atoms with E-state index in [1.54, 1.807) is 13.8 Å². The van der Waals surface area contributed by atoms with Crippen molar-refractivity contribution in [2.45, 2.75) is 39.0 Å². The summed E-state index contributed by atoms with van der Waals surface area (Å²) in [7, 11) is -3.08. The van der Waals surface area contributed by atoms with Crippen LogP contribution in [0, 0.1) is 5.92 Å². The number of carbonyl (C=O) groups is 2. The molecule has 0 aliphatic carbocycles. The molecule has 25 heavy (non-hydrogen) atoms. The second-order valence-electron chi connectivity index (χ2n) is 6.54. The molecule has 0 bridgehead atoms. The Labute approximate surface area is 148 Å². The molecule has 1 aromatic rings. The minimum Gasteiger partial charge on any atom is -0.445 e. The zero-order valence-electron chi connectivity index (χ0n) is 14.4. The molecule has 1 aromatic carbocycles. The Morgan fingerprint density at radius 1 is 1.24 bits per heavy atom. The summed E-state index contributed by atoms with van der Waals surface area (Å²) in [5.74, 6) is -0.533. The van der Waals surface area contributed by atoms with Gasteiger partial charge in [-0.25, -0.2) is 13.2 Å². The SMILES string of the molecule is CC(C)[C@H](NC(=O)OCc1ccccc1)C(=O)NC1CCS(=O)(=O)C1. The van der Waals surface area contributed by atoms with Crippen molar-refractivity contribution in [2.75, 3.05) is 11.5 Å². The van der Waals surface area contributed by atoms with E-state index in [2.05, 4.69) is 10.6 Å². The number of hydrogen-bond donors (Lipinski definition) is 2. The van der Waals surface area contributed by atoms with Crippen LogP contribution in [0.15, 0.2) is 30.3 Å². The number of amides is 2. The van der Waals surface area contributed by atoms with Gasteiger partial charge in [-0.15, -0.1) is 0 Å². The van der Waals surface area contributed by atoms with Crippen molar-refractivity contribution in [3.63, 3.8) is 0 Å². The van der Waals surface area contributed by atoms with E-state index in [1.807, 2.05) is 30.3 Å². The van der Waals surface area contributed by atoms with Crippen LogP contribution in [0.1, 0.15) is 25.8 Å². The first-order valence-corrected chi connectivity index (χ1v) is 10.1. The van der Waals surface area contributed by atoms with E-state index < -0.39 is 33.9 Å². The summed E-state index contributed by atoms with van der Waals surface area (Å²) in [4.78, 5) is 24.4. The average molecular weight is 368 g/mol. The van der Waals surface area contributed by atoms with E-state index in [4.69, 9.17) is 4.74 Å². The molecule has 2 atom stereocenters. The van der Waals surface area contributed by atoms with Gasteiger partial charge in [-0.2, -0.15) is 0 Å². The highest BCUT2D eigenvalue weighted by Crippen LogP contribution is 2.12. The fourth-order valence-electron chi connectivity index (χ4n) is 2.63. The van der Waals surface area contributed by atoms with Crippen LogP contribution in [0.25, 0.3) is 0 Å². The van der Waals surface area contributed by atoms with E-state index in [-0.39, 0.29) is 24.0 Å². The van der Waals surface area contributed by atoms with E-state index in [1.165, 1.54) is 0 Å². The lowest BCUT2D eigenvalue weighted by atomic mass is 10.0. The Hall–Kier alpha value is -2.09. The molecule has 1 fully saturated rings. The van der Waals surface area contributed by atoms with Gasteiger partial charge in [0, 0.05) is 6.04 Å². The van der Waals surface area contributed by atoms with Gasteiger partial charge in [0.05, 0.1) is 11.5 Å². The molecule has 2 amide bonds. The van der Waals surface area contributed by atoms with Gasteiger partial charge in [-0.05, 0) is 17.9 Å². The Kier molecular flexibility index (Phi) is 6.41. The fraction of sp³-hybridized carbons (Fsp3) is 0.529. The van der Waals surface area contributed by atoms with Gasteiger partial charge in [0.25, 0.3) is 0 Å². The second kappa shape index (κ2) is 8.33. The molecule has 0 aromatic heterocycles. The number of ether oxygens (including phenoxy) is 1. The van der Waals surface area contributed by atoms with E-state index >= 15 is 0 Å². The number of benzene rings is 1.